The summed E-state index contributed by atoms with van der Waals surface area (Å²) in [5.41, 5.74) is 6.84. The van der Waals surface area contributed by atoms with Crippen LogP contribution >= 0.6 is 11.3 Å². The highest BCUT2D eigenvalue weighted by Crippen LogP contribution is 2.31. The van der Waals surface area contributed by atoms with Crippen LogP contribution in [-0.4, -0.2) is 34.9 Å². The Balaban J connectivity index is 2.02. The first kappa shape index (κ1) is 14.5. The fourth-order valence-electron chi connectivity index (χ4n) is 2.48. The van der Waals surface area contributed by atoms with Crippen molar-refractivity contribution in [2.24, 2.45) is 5.73 Å². The normalized spacial score (nSPS) is 21.5. The summed E-state index contributed by atoms with van der Waals surface area (Å²) in [4.78, 5) is 20.0. The fraction of sp³-hybridized carbons (Fsp3) is 0.714. The first-order valence-corrected chi connectivity index (χ1v) is 7.76. The molecule has 1 saturated heterocycles. The number of carbonyl (C=O) groups excluding carboxylic acids is 1. The number of nitrogens with two attached hydrogens (primary N) is 1. The van der Waals surface area contributed by atoms with E-state index in [4.69, 9.17) is 5.73 Å². The van der Waals surface area contributed by atoms with Gasteiger partial charge in [-0.2, -0.15) is 0 Å². The molecule has 0 bridgehead atoms. The van der Waals surface area contributed by atoms with Gasteiger partial charge in [-0.1, -0.05) is 0 Å². The molecule has 0 aromatic carbocycles. The molecule has 2 atom stereocenters. The maximum absolute atomic E-state index is 12.1. The third kappa shape index (κ3) is 3.54. The van der Waals surface area contributed by atoms with Crippen molar-refractivity contribution in [3.63, 3.8) is 0 Å². The molecular weight excluding hydrogens is 258 g/mol. The predicted octanol–water partition coefficient (Wildman–Crippen LogP) is 2.20. The second-order valence-corrected chi connectivity index (χ2v) is 6.79. The van der Waals surface area contributed by atoms with E-state index < -0.39 is 0 Å². The highest BCUT2D eigenvalue weighted by atomic mass is 32.1. The van der Waals surface area contributed by atoms with Crippen LogP contribution in [0.1, 0.15) is 47.7 Å². The third-order valence-electron chi connectivity index (χ3n) is 3.67. The molecule has 0 radical (unpaired) electrons. The SMILES string of the molecule is Cc1nc(C2CCCN(C(=O)CC(C)N)C2)sc1C. The molecule has 0 saturated carbocycles. The number of thiazole rings is 1. The topological polar surface area (TPSA) is 59.2 Å². The minimum atomic E-state index is -0.0581. The lowest BCUT2D eigenvalue weighted by Gasteiger charge is -2.32. The molecule has 19 heavy (non-hydrogen) atoms. The Labute approximate surface area is 119 Å². The van der Waals surface area contributed by atoms with Gasteiger partial charge in [-0.15, -0.1) is 11.3 Å². The average Bonchev–Trinajstić information content (AvgIpc) is 2.69. The zero-order valence-electron chi connectivity index (χ0n) is 12.0. The van der Waals surface area contributed by atoms with E-state index in [0.29, 0.717) is 12.3 Å². The zero-order valence-corrected chi connectivity index (χ0v) is 12.8. The number of nitrogens with zero attached hydrogens (tertiary/aromatic N) is 2. The summed E-state index contributed by atoms with van der Waals surface area (Å²) in [6, 6.07) is -0.0581. The minimum Gasteiger partial charge on any atom is -0.342 e. The maximum atomic E-state index is 12.1. The van der Waals surface area contributed by atoms with Gasteiger partial charge in [0, 0.05) is 36.3 Å². The van der Waals surface area contributed by atoms with E-state index in [1.807, 2.05) is 11.8 Å². The Hall–Kier alpha value is -0.940. The Bertz CT molecular complexity index is 436. The van der Waals surface area contributed by atoms with E-state index in [-0.39, 0.29) is 11.9 Å². The molecule has 1 fully saturated rings. The van der Waals surface area contributed by atoms with E-state index in [2.05, 4.69) is 18.8 Å². The van der Waals surface area contributed by atoms with Gasteiger partial charge in [-0.25, -0.2) is 4.98 Å². The number of likely N-dealkylation sites (tertiary alicyclic amines) is 1. The lowest BCUT2D eigenvalue weighted by molar-refractivity contribution is -0.132. The standard InChI is InChI=1S/C14H23N3OS/c1-9(15)7-13(18)17-6-4-5-12(8-17)14-16-10(2)11(3)19-14/h9,12H,4-8,15H2,1-3H3. The molecule has 106 valence electrons. The van der Waals surface area contributed by atoms with Crippen molar-refractivity contribution in [3.8, 4) is 0 Å². The van der Waals surface area contributed by atoms with Crippen molar-refractivity contribution < 1.29 is 4.79 Å². The second kappa shape index (κ2) is 6.01. The van der Waals surface area contributed by atoms with Crippen LogP contribution in [0.25, 0.3) is 0 Å². The summed E-state index contributed by atoms with van der Waals surface area (Å²) >= 11 is 1.77. The van der Waals surface area contributed by atoms with Crippen LogP contribution in [0.15, 0.2) is 0 Å². The highest BCUT2D eigenvalue weighted by Gasteiger charge is 2.27. The number of hydrogen-bond donors (Lipinski definition) is 1. The van der Waals surface area contributed by atoms with Crippen LogP contribution in [-0.2, 0) is 4.79 Å². The lowest BCUT2D eigenvalue weighted by Crippen LogP contribution is -2.41. The minimum absolute atomic E-state index is 0.0581. The first-order valence-electron chi connectivity index (χ1n) is 6.94. The molecule has 2 N–H and O–H groups in total. The summed E-state index contributed by atoms with van der Waals surface area (Å²) < 4.78 is 0. The number of amides is 1. The Kier molecular flexibility index (Phi) is 4.58. The van der Waals surface area contributed by atoms with Gasteiger partial charge in [0.1, 0.15) is 0 Å². The monoisotopic (exact) mass is 281 g/mol. The van der Waals surface area contributed by atoms with E-state index in [9.17, 15) is 4.79 Å². The summed E-state index contributed by atoms with van der Waals surface area (Å²) in [6.45, 7) is 7.71. The van der Waals surface area contributed by atoms with Crippen LogP contribution in [0.4, 0.5) is 0 Å². The summed E-state index contributed by atoms with van der Waals surface area (Å²) in [5, 5.41) is 1.19. The Morgan fingerprint density at radius 1 is 1.58 bits per heavy atom. The van der Waals surface area contributed by atoms with Crippen LogP contribution in [0, 0.1) is 13.8 Å². The molecule has 2 unspecified atom stereocenters. The number of rotatable bonds is 3. The second-order valence-electron chi connectivity index (χ2n) is 5.55. The number of hydrogen-bond acceptors (Lipinski definition) is 4. The molecule has 0 spiro atoms. The quantitative estimate of drug-likeness (QED) is 0.924. The van der Waals surface area contributed by atoms with Gasteiger partial charge in [0.05, 0.1) is 10.7 Å². The van der Waals surface area contributed by atoms with Gasteiger partial charge in [-0.05, 0) is 33.6 Å². The number of carbonyl (C=O) groups is 1. The number of piperidine rings is 1. The molecule has 1 aromatic heterocycles. The molecular formula is C14H23N3OS. The van der Waals surface area contributed by atoms with Crippen molar-refractivity contribution in [1.29, 1.82) is 0 Å². The summed E-state index contributed by atoms with van der Waals surface area (Å²) in [5.74, 6) is 0.591. The van der Waals surface area contributed by atoms with E-state index in [0.717, 1.165) is 31.6 Å². The van der Waals surface area contributed by atoms with Crippen molar-refractivity contribution >= 4 is 17.2 Å². The predicted molar refractivity (Wildman–Crippen MR) is 78.4 cm³/mol. The Morgan fingerprint density at radius 3 is 2.89 bits per heavy atom. The van der Waals surface area contributed by atoms with Crippen LogP contribution in [0.3, 0.4) is 0 Å². The molecule has 4 nitrogen and oxygen atoms in total. The fourth-order valence-corrected chi connectivity index (χ4v) is 3.53. The summed E-state index contributed by atoms with van der Waals surface area (Å²) in [7, 11) is 0. The maximum Gasteiger partial charge on any atom is 0.224 e. The van der Waals surface area contributed by atoms with E-state index in [1.54, 1.807) is 11.3 Å². The molecule has 1 aromatic rings. The van der Waals surface area contributed by atoms with E-state index in [1.165, 1.54) is 9.88 Å². The average molecular weight is 281 g/mol. The van der Waals surface area contributed by atoms with Gasteiger partial charge in [0.25, 0.3) is 0 Å². The Morgan fingerprint density at radius 2 is 2.32 bits per heavy atom. The van der Waals surface area contributed by atoms with Crippen LogP contribution < -0.4 is 5.73 Å². The van der Waals surface area contributed by atoms with Gasteiger partial charge in [0.15, 0.2) is 0 Å². The van der Waals surface area contributed by atoms with Gasteiger partial charge < -0.3 is 10.6 Å². The molecule has 2 heterocycles. The first-order chi connectivity index (χ1) is 8.97. The molecule has 1 aliphatic heterocycles. The zero-order chi connectivity index (χ0) is 14.0. The highest BCUT2D eigenvalue weighted by molar-refractivity contribution is 7.11. The smallest absolute Gasteiger partial charge is 0.224 e. The number of aryl methyl sites for hydroxylation is 2. The van der Waals surface area contributed by atoms with Gasteiger partial charge in [-0.3, -0.25) is 4.79 Å². The lowest BCUT2D eigenvalue weighted by atomic mass is 9.98. The van der Waals surface area contributed by atoms with Gasteiger partial charge >= 0.3 is 0 Å². The van der Waals surface area contributed by atoms with Crippen LogP contribution in [0.2, 0.25) is 0 Å². The third-order valence-corrected chi connectivity index (χ3v) is 4.90. The largest absolute Gasteiger partial charge is 0.342 e. The van der Waals surface area contributed by atoms with Gasteiger partial charge in [0.2, 0.25) is 5.91 Å². The van der Waals surface area contributed by atoms with Crippen molar-refractivity contribution in [2.75, 3.05) is 13.1 Å². The molecule has 5 heteroatoms. The van der Waals surface area contributed by atoms with E-state index >= 15 is 0 Å². The summed E-state index contributed by atoms with van der Waals surface area (Å²) in [6.07, 6.45) is 2.64. The van der Waals surface area contributed by atoms with Crippen molar-refractivity contribution in [1.82, 2.24) is 9.88 Å². The molecule has 0 aliphatic carbocycles. The van der Waals surface area contributed by atoms with Crippen molar-refractivity contribution in [2.45, 2.75) is 52.0 Å². The number of aromatic nitrogens is 1. The van der Waals surface area contributed by atoms with Crippen LogP contribution in [0.5, 0.6) is 0 Å². The molecule has 1 amide bonds. The van der Waals surface area contributed by atoms with Crippen molar-refractivity contribution in [3.05, 3.63) is 15.6 Å². The molecule has 1 aliphatic rings. The molecule has 2 rings (SSSR count).